The van der Waals surface area contributed by atoms with Gasteiger partial charge in [-0.3, -0.25) is 4.79 Å². The van der Waals surface area contributed by atoms with Gasteiger partial charge >= 0.3 is 11.9 Å². The number of carbonyl (C=O) groups excluding carboxylic acids is 2. The maximum atomic E-state index is 12.5. The van der Waals surface area contributed by atoms with Crippen LogP contribution < -0.4 is 0 Å². The highest BCUT2D eigenvalue weighted by Crippen LogP contribution is 2.61. The molecular formula is C20H28O4. The third kappa shape index (κ3) is 2.34. The van der Waals surface area contributed by atoms with Crippen molar-refractivity contribution in [2.45, 2.75) is 59.5 Å². The highest BCUT2D eigenvalue weighted by atomic mass is 16.5. The Labute approximate surface area is 144 Å². The molecule has 0 saturated heterocycles. The van der Waals surface area contributed by atoms with Crippen molar-refractivity contribution in [3.05, 3.63) is 23.3 Å². The first kappa shape index (κ1) is 17.2. The minimum Gasteiger partial charge on any atom is -0.469 e. The Balaban J connectivity index is 2.10. The number of cyclic esters (lactones) is 1. The number of methoxy groups -OCH3 is 1. The second-order valence-electron chi connectivity index (χ2n) is 8.29. The van der Waals surface area contributed by atoms with Crippen LogP contribution in [0.25, 0.3) is 0 Å². The lowest BCUT2D eigenvalue weighted by Crippen LogP contribution is -2.52. The number of carbonyl (C=O) groups is 2. The van der Waals surface area contributed by atoms with Crippen molar-refractivity contribution >= 4 is 11.9 Å². The molecule has 0 N–H and O–H groups in total. The summed E-state index contributed by atoms with van der Waals surface area (Å²) in [5.74, 6) is 0.00211. The van der Waals surface area contributed by atoms with E-state index in [-0.39, 0.29) is 35.3 Å². The summed E-state index contributed by atoms with van der Waals surface area (Å²) in [6.07, 6.45) is 7.31. The Morgan fingerprint density at radius 2 is 2.04 bits per heavy atom. The summed E-state index contributed by atoms with van der Waals surface area (Å²) in [5.41, 5.74) is 1.55. The van der Waals surface area contributed by atoms with Gasteiger partial charge in [0.15, 0.2) is 0 Å². The first-order valence-electron chi connectivity index (χ1n) is 8.95. The Kier molecular flexibility index (Phi) is 4.13. The first-order valence-corrected chi connectivity index (χ1v) is 8.95. The van der Waals surface area contributed by atoms with Crippen LogP contribution in [0.15, 0.2) is 23.3 Å². The Bertz CT molecular complexity index is 630. The van der Waals surface area contributed by atoms with E-state index in [0.29, 0.717) is 0 Å². The molecule has 1 saturated carbocycles. The van der Waals surface area contributed by atoms with E-state index in [0.717, 1.165) is 36.8 Å². The van der Waals surface area contributed by atoms with E-state index in [4.69, 9.17) is 9.47 Å². The molecule has 1 aliphatic heterocycles. The summed E-state index contributed by atoms with van der Waals surface area (Å²) in [6.45, 7) is 8.40. The molecule has 1 fully saturated rings. The number of rotatable bonds is 2. The van der Waals surface area contributed by atoms with Crippen LogP contribution in [-0.2, 0) is 19.1 Å². The predicted octanol–water partition coefficient (Wildman–Crippen LogP) is 3.81. The molecule has 4 atom stereocenters. The molecule has 0 unspecified atom stereocenters. The maximum Gasteiger partial charge on any atom is 0.331 e. The molecule has 24 heavy (non-hydrogen) atoms. The van der Waals surface area contributed by atoms with Crippen molar-refractivity contribution in [3.63, 3.8) is 0 Å². The molecule has 4 heteroatoms. The highest BCUT2D eigenvalue weighted by Gasteiger charge is 2.57. The van der Waals surface area contributed by atoms with Crippen molar-refractivity contribution in [3.8, 4) is 0 Å². The molecular weight excluding hydrogens is 304 g/mol. The summed E-state index contributed by atoms with van der Waals surface area (Å²) >= 11 is 0. The molecule has 3 rings (SSSR count). The predicted molar refractivity (Wildman–Crippen MR) is 91.1 cm³/mol. The third-order valence-corrected chi connectivity index (χ3v) is 6.50. The SMILES string of the molecule is COC(=O)[C@@]1(C)CCC[C@]2(C)C3=CC(=O)O[C@H](C(C)C)C3=CC[C@@H]12. The molecule has 0 bridgehead atoms. The molecule has 2 aliphatic carbocycles. The number of allylic oxidation sites excluding steroid dienone is 1. The molecule has 0 aromatic carbocycles. The van der Waals surface area contributed by atoms with Gasteiger partial charge in [0.2, 0.25) is 0 Å². The molecule has 0 amide bonds. The maximum absolute atomic E-state index is 12.5. The van der Waals surface area contributed by atoms with Gasteiger partial charge < -0.3 is 9.47 Å². The summed E-state index contributed by atoms with van der Waals surface area (Å²) < 4.78 is 10.7. The van der Waals surface area contributed by atoms with Gasteiger partial charge in [0.25, 0.3) is 0 Å². The normalized spacial score (nSPS) is 38.5. The van der Waals surface area contributed by atoms with Gasteiger partial charge in [-0.05, 0) is 54.6 Å². The zero-order valence-corrected chi connectivity index (χ0v) is 15.3. The second-order valence-corrected chi connectivity index (χ2v) is 8.29. The van der Waals surface area contributed by atoms with Crippen LogP contribution in [0.5, 0.6) is 0 Å². The molecule has 3 aliphatic rings. The topological polar surface area (TPSA) is 52.6 Å². The lowest BCUT2D eigenvalue weighted by atomic mass is 9.49. The van der Waals surface area contributed by atoms with Gasteiger partial charge in [0, 0.05) is 6.08 Å². The van der Waals surface area contributed by atoms with E-state index in [9.17, 15) is 9.59 Å². The van der Waals surface area contributed by atoms with E-state index >= 15 is 0 Å². The van der Waals surface area contributed by atoms with Crippen LogP contribution in [-0.4, -0.2) is 25.2 Å². The lowest BCUT2D eigenvalue weighted by molar-refractivity contribution is -0.162. The van der Waals surface area contributed by atoms with Gasteiger partial charge in [-0.25, -0.2) is 4.79 Å². The zero-order chi connectivity index (χ0) is 17.7. The van der Waals surface area contributed by atoms with Crippen LogP contribution in [0.1, 0.15) is 53.4 Å². The van der Waals surface area contributed by atoms with Crippen molar-refractivity contribution in [2.75, 3.05) is 7.11 Å². The Hall–Kier alpha value is -1.58. The molecule has 4 nitrogen and oxygen atoms in total. The summed E-state index contributed by atoms with van der Waals surface area (Å²) in [6, 6.07) is 0. The van der Waals surface area contributed by atoms with Crippen LogP contribution in [0.2, 0.25) is 0 Å². The van der Waals surface area contributed by atoms with E-state index < -0.39 is 5.41 Å². The monoisotopic (exact) mass is 332 g/mol. The van der Waals surface area contributed by atoms with Crippen LogP contribution in [0, 0.1) is 22.7 Å². The smallest absolute Gasteiger partial charge is 0.331 e. The number of hydrogen-bond acceptors (Lipinski definition) is 4. The van der Waals surface area contributed by atoms with Crippen molar-refractivity contribution in [1.82, 2.24) is 0 Å². The van der Waals surface area contributed by atoms with Crippen molar-refractivity contribution < 1.29 is 19.1 Å². The van der Waals surface area contributed by atoms with E-state index in [1.165, 1.54) is 7.11 Å². The van der Waals surface area contributed by atoms with Crippen molar-refractivity contribution in [2.24, 2.45) is 22.7 Å². The fraction of sp³-hybridized carbons (Fsp3) is 0.700. The molecule has 1 heterocycles. The fourth-order valence-electron chi connectivity index (χ4n) is 5.23. The first-order chi connectivity index (χ1) is 11.2. The average Bonchev–Trinajstić information content (AvgIpc) is 2.53. The standard InChI is InChI=1S/C20H28O4/c1-12(2)17-13-7-8-15-19(3,14(13)11-16(21)24-17)9-6-10-20(15,4)18(22)23-5/h7,11-12,15,17H,6,8-10H2,1-5H3/t15-,17-,19-,20+/m1/s1. The average molecular weight is 332 g/mol. The van der Waals surface area contributed by atoms with Gasteiger partial charge in [-0.1, -0.05) is 33.3 Å². The third-order valence-electron chi connectivity index (χ3n) is 6.50. The number of esters is 2. The lowest BCUT2D eigenvalue weighted by Gasteiger charge is -2.55. The number of hydrogen-bond donors (Lipinski definition) is 0. The summed E-state index contributed by atoms with van der Waals surface area (Å²) in [4.78, 5) is 24.7. The second kappa shape index (κ2) is 5.75. The van der Waals surface area contributed by atoms with Crippen LogP contribution in [0.3, 0.4) is 0 Å². The quantitative estimate of drug-likeness (QED) is 0.722. The fourth-order valence-corrected chi connectivity index (χ4v) is 5.23. The van der Waals surface area contributed by atoms with Crippen molar-refractivity contribution in [1.29, 1.82) is 0 Å². The van der Waals surface area contributed by atoms with E-state index in [1.54, 1.807) is 6.08 Å². The van der Waals surface area contributed by atoms with Gasteiger partial charge in [-0.2, -0.15) is 0 Å². The van der Waals surface area contributed by atoms with Crippen LogP contribution in [0.4, 0.5) is 0 Å². The minimum atomic E-state index is -0.501. The Morgan fingerprint density at radius 1 is 1.33 bits per heavy atom. The van der Waals surface area contributed by atoms with Crippen LogP contribution >= 0.6 is 0 Å². The molecule has 0 spiro atoms. The molecule has 132 valence electrons. The molecule has 0 aromatic heterocycles. The summed E-state index contributed by atoms with van der Waals surface area (Å²) in [5, 5.41) is 0. The largest absolute Gasteiger partial charge is 0.469 e. The Morgan fingerprint density at radius 3 is 2.67 bits per heavy atom. The van der Waals surface area contributed by atoms with E-state index in [1.807, 2.05) is 6.92 Å². The molecule has 0 aromatic rings. The van der Waals surface area contributed by atoms with E-state index in [2.05, 4.69) is 26.8 Å². The zero-order valence-electron chi connectivity index (χ0n) is 15.3. The number of ether oxygens (including phenoxy) is 2. The van der Waals surface area contributed by atoms with Gasteiger partial charge in [0.1, 0.15) is 6.10 Å². The number of fused-ring (bicyclic) bond motifs is 3. The van der Waals surface area contributed by atoms with Gasteiger partial charge in [0.05, 0.1) is 12.5 Å². The summed E-state index contributed by atoms with van der Waals surface area (Å²) in [7, 11) is 1.47. The molecule has 0 radical (unpaired) electrons. The van der Waals surface area contributed by atoms with Gasteiger partial charge in [-0.15, -0.1) is 0 Å². The highest BCUT2D eigenvalue weighted by molar-refractivity contribution is 5.87. The minimum absolute atomic E-state index is 0.130.